The van der Waals surface area contributed by atoms with Crippen molar-refractivity contribution in [2.24, 2.45) is 13.0 Å². The van der Waals surface area contributed by atoms with Crippen molar-refractivity contribution in [3.05, 3.63) is 42.4 Å². The molecule has 0 saturated heterocycles. The second-order valence-electron chi connectivity index (χ2n) is 6.57. The van der Waals surface area contributed by atoms with E-state index in [9.17, 15) is 9.90 Å². The van der Waals surface area contributed by atoms with Crippen molar-refractivity contribution >= 4 is 22.6 Å². The Labute approximate surface area is 146 Å². The zero-order valence-corrected chi connectivity index (χ0v) is 14.8. The monoisotopic (exact) mass is 338 g/mol. The first-order chi connectivity index (χ1) is 11.9. The van der Waals surface area contributed by atoms with Gasteiger partial charge in [0.1, 0.15) is 11.9 Å². The van der Waals surface area contributed by atoms with Gasteiger partial charge >= 0.3 is 5.97 Å². The number of aryl methyl sites for hydroxylation is 2. The van der Waals surface area contributed by atoms with Gasteiger partial charge in [-0.15, -0.1) is 0 Å². The number of hydrogen-bond donors (Lipinski definition) is 2. The lowest BCUT2D eigenvalue weighted by Gasteiger charge is -2.21. The normalized spacial score (nSPS) is 12.5. The molecular formula is C19H22N4O2. The highest BCUT2D eigenvalue weighted by Gasteiger charge is 2.23. The number of aromatic nitrogens is 3. The zero-order chi connectivity index (χ0) is 18.1. The first-order valence-corrected chi connectivity index (χ1v) is 8.26. The molecule has 2 N–H and O–H groups in total. The molecule has 0 aliphatic carbocycles. The number of nitrogens with one attached hydrogen (secondary N) is 1. The highest BCUT2D eigenvalue weighted by atomic mass is 16.4. The Morgan fingerprint density at radius 3 is 2.48 bits per heavy atom. The molecule has 0 bridgehead atoms. The minimum absolute atomic E-state index is 0.0589. The van der Waals surface area contributed by atoms with Crippen LogP contribution in [-0.4, -0.2) is 31.9 Å². The second kappa shape index (κ2) is 6.55. The van der Waals surface area contributed by atoms with E-state index in [1.165, 1.54) is 0 Å². The molecule has 0 amide bonds. The van der Waals surface area contributed by atoms with Crippen LogP contribution < -0.4 is 5.32 Å². The van der Waals surface area contributed by atoms with Gasteiger partial charge in [-0.3, -0.25) is 4.68 Å². The third-order valence-corrected chi connectivity index (χ3v) is 4.31. The predicted molar refractivity (Wildman–Crippen MR) is 98.6 cm³/mol. The number of fused-ring (bicyclic) bond motifs is 1. The van der Waals surface area contributed by atoms with E-state index in [-0.39, 0.29) is 5.92 Å². The smallest absolute Gasteiger partial charge is 0.326 e. The number of pyridine rings is 1. The molecule has 0 aliphatic rings. The average Bonchev–Trinajstić information content (AvgIpc) is 2.97. The van der Waals surface area contributed by atoms with Crippen LogP contribution in [0.15, 0.2) is 36.7 Å². The largest absolute Gasteiger partial charge is 0.480 e. The number of hydrogen-bond acceptors (Lipinski definition) is 4. The Hall–Kier alpha value is -2.89. The van der Waals surface area contributed by atoms with Crippen LogP contribution in [0.5, 0.6) is 0 Å². The van der Waals surface area contributed by atoms with Gasteiger partial charge in [0.15, 0.2) is 0 Å². The number of rotatable bonds is 5. The molecular weight excluding hydrogens is 316 g/mol. The van der Waals surface area contributed by atoms with E-state index in [1.54, 1.807) is 4.68 Å². The SMILES string of the molecule is Cc1nc(NC(C(=O)O)C(C)C)c2ccccc2c1-c1cnn(C)c1. The Kier molecular flexibility index (Phi) is 4.44. The van der Waals surface area contributed by atoms with Gasteiger partial charge in [0.05, 0.1) is 6.20 Å². The van der Waals surface area contributed by atoms with Gasteiger partial charge in [-0.1, -0.05) is 38.1 Å². The highest BCUT2D eigenvalue weighted by molar-refractivity contribution is 6.03. The van der Waals surface area contributed by atoms with Crippen molar-refractivity contribution in [1.82, 2.24) is 14.8 Å². The van der Waals surface area contributed by atoms with Gasteiger partial charge < -0.3 is 10.4 Å². The maximum atomic E-state index is 11.6. The minimum Gasteiger partial charge on any atom is -0.480 e. The predicted octanol–water partition coefficient (Wildman–Crippen LogP) is 3.46. The fraction of sp³-hybridized carbons (Fsp3) is 0.316. The number of nitrogens with zero attached hydrogens (tertiary/aromatic N) is 3. The third kappa shape index (κ3) is 3.20. The van der Waals surface area contributed by atoms with Crippen molar-refractivity contribution in [3.8, 4) is 11.1 Å². The van der Waals surface area contributed by atoms with E-state index >= 15 is 0 Å². The van der Waals surface area contributed by atoms with E-state index < -0.39 is 12.0 Å². The summed E-state index contributed by atoms with van der Waals surface area (Å²) in [7, 11) is 1.88. The van der Waals surface area contributed by atoms with Crippen LogP contribution in [0.3, 0.4) is 0 Å². The Balaban J connectivity index is 2.18. The van der Waals surface area contributed by atoms with E-state index in [0.29, 0.717) is 5.82 Å². The average molecular weight is 338 g/mol. The molecule has 0 spiro atoms. The second-order valence-corrected chi connectivity index (χ2v) is 6.57. The molecule has 6 nitrogen and oxygen atoms in total. The van der Waals surface area contributed by atoms with Crippen LogP contribution in [0, 0.1) is 12.8 Å². The van der Waals surface area contributed by atoms with E-state index in [0.717, 1.165) is 27.6 Å². The Morgan fingerprint density at radius 1 is 1.24 bits per heavy atom. The molecule has 3 rings (SSSR count). The fourth-order valence-electron chi connectivity index (χ4n) is 3.07. The first kappa shape index (κ1) is 17.0. The molecule has 130 valence electrons. The fourth-order valence-corrected chi connectivity index (χ4v) is 3.07. The lowest BCUT2D eigenvalue weighted by atomic mass is 9.98. The van der Waals surface area contributed by atoms with Crippen LogP contribution >= 0.6 is 0 Å². The van der Waals surface area contributed by atoms with Gasteiger partial charge in [0.25, 0.3) is 0 Å². The number of benzene rings is 1. The van der Waals surface area contributed by atoms with Crippen LogP contribution in [0.25, 0.3) is 21.9 Å². The van der Waals surface area contributed by atoms with Crippen LogP contribution in [0.2, 0.25) is 0 Å². The van der Waals surface area contributed by atoms with Crippen LogP contribution in [0.1, 0.15) is 19.5 Å². The van der Waals surface area contributed by atoms with E-state index in [4.69, 9.17) is 0 Å². The van der Waals surface area contributed by atoms with Gasteiger partial charge in [-0.25, -0.2) is 9.78 Å². The van der Waals surface area contributed by atoms with Crippen molar-refractivity contribution in [2.45, 2.75) is 26.8 Å². The number of aliphatic carboxylic acids is 1. The van der Waals surface area contributed by atoms with Crippen molar-refractivity contribution in [3.63, 3.8) is 0 Å². The summed E-state index contributed by atoms with van der Waals surface area (Å²) in [4.78, 5) is 16.2. The minimum atomic E-state index is -0.880. The molecule has 0 radical (unpaired) electrons. The number of carboxylic acid groups (broad SMARTS) is 1. The van der Waals surface area contributed by atoms with E-state index in [2.05, 4.69) is 15.4 Å². The topological polar surface area (TPSA) is 80.0 Å². The van der Waals surface area contributed by atoms with Crippen LogP contribution in [0.4, 0.5) is 5.82 Å². The summed E-state index contributed by atoms with van der Waals surface area (Å²) < 4.78 is 1.76. The number of carboxylic acids is 1. The molecule has 6 heteroatoms. The Morgan fingerprint density at radius 2 is 1.92 bits per heavy atom. The third-order valence-electron chi connectivity index (χ3n) is 4.31. The maximum Gasteiger partial charge on any atom is 0.326 e. The summed E-state index contributed by atoms with van der Waals surface area (Å²) in [6, 6.07) is 7.21. The van der Waals surface area contributed by atoms with Crippen molar-refractivity contribution < 1.29 is 9.90 Å². The highest BCUT2D eigenvalue weighted by Crippen LogP contribution is 2.34. The van der Waals surface area contributed by atoms with Crippen molar-refractivity contribution in [1.29, 1.82) is 0 Å². The quantitative estimate of drug-likeness (QED) is 0.744. The molecule has 2 heterocycles. The maximum absolute atomic E-state index is 11.6. The zero-order valence-electron chi connectivity index (χ0n) is 14.8. The Bertz CT molecular complexity index is 930. The lowest BCUT2D eigenvalue weighted by Crippen LogP contribution is -2.34. The molecule has 0 saturated carbocycles. The summed E-state index contributed by atoms with van der Waals surface area (Å²) in [5, 5.41) is 18.8. The summed E-state index contributed by atoms with van der Waals surface area (Å²) >= 11 is 0. The lowest BCUT2D eigenvalue weighted by molar-refractivity contribution is -0.138. The summed E-state index contributed by atoms with van der Waals surface area (Å²) in [5.74, 6) is -0.340. The van der Waals surface area contributed by atoms with Gasteiger partial charge in [-0.05, 0) is 18.2 Å². The van der Waals surface area contributed by atoms with Crippen LogP contribution in [-0.2, 0) is 11.8 Å². The number of anilines is 1. The van der Waals surface area contributed by atoms with Crippen molar-refractivity contribution in [2.75, 3.05) is 5.32 Å². The van der Waals surface area contributed by atoms with Gasteiger partial charge in [-0.2, -0.15) is 5.10 Å². The molecule has 1 atom stereocenters. The summed E-state index contributed by atoms with van der Waals surface area (Å²) in [6.07, 6.45) is 3.77. The summed E-state index contributed by atoms with van der Waals surface area (Å²) in [6.45, 7) is 5.70. The molecule has 2 aromatic heterocycles. The van der Waals surface area contributed by atoms with Gasteiger partial charge in [0, 0.05) is 35.5 Å². The summed E-state index contributed by atoms with van der Waals surface area (Å²) in [5.41, 5.74) is 2.85. The molecule has 3 aromatic rings. The molecule has 25 heavy (non-hydrogen) atoms. The molecule has 0 aliphatic heterocycles. The van der Waals surface area contributed by atoms with E-state index in [1.807, 2.05) is 64.5 Å². The van der Waals surface area contributed by atoms with Gasteiger partial charge in [0.2, 0.25) is 0 Å². The standard InChI is InChI=1S/C19H22N4O2/c1-11(2)17(19(24)25)22-18-15-8-6-5-7-14(15)16(12(3)21-18)13-9-20-23(4)10-13/h5-11,17H,1-4H3,(H,21,22)(H,24,25). The number of carbonyl (C=O) groups is 1. The first-order valence-electron chi connectivity index (χ1n) is 8.26. The molecule has 0 fully saturated rings. The molecule has 1 aromatic carbocycles. The molecule has 1 unspecified atom stereocenters.